The largest absolute Gasteiger partial charge is 0.430 e. The standard InChI is InChI=1S/5C9H6NO2.Cu/c5*1-10-8(11)6-4-2-3-5-7(6)9(10)12;/h5*2-5H,1H2;/q5*-1;. The van der Waals surface area contributed by atoms with E-state index in [-0.39, 0.29) is 76.1 Å². The molecule has 61 heavy (non-hydrogen) atoms. The van der Waals surface area contributed by atoms with Gasteiger partial charge in [0, 0.05) is 72.7 Å². The number of fused-ring (bicyclic) bond motifs is 5. The molecule has 0 saturated heterocycles. The van der Waals surface area contributed by atoms with Crippen LogP contribution in [0.3, 0.4) is 0 Å². The summed E-state index contributed by atoms with van der Waals surface area (Å²) in [6.07, 6.45) is 0. The van der Waals surface area contributed by atoms with Crippen molar-refractivity contribution in [3.63, 3.8) is 0 Å². The minimum atomic E-state index is -0.324. The van der Waals surface area contributed by atoms with Crippen LogP contribution in [-0.2, 0) is 17.1 Å². The molecule has 10 rings (SSSR count). The van der Waals surface area contributed by atoms with E-state index in [0.717, 1.165) is 24.5 Å². The molecule has 0 aliphatic carbocycles. The summed E-state index contributed by atoms with van der Waals surface area (Å²) < 4.78 is 0. The number of rotatable bonds is 0. The van der Waals surface area contributed by atoms with Gasteiger partial charge >= 0.3 is 0 Å². The van der Waals surface area contributed by atoms with Crippen molar-refractivity contribution in [2.45, 2.75) is 0 Å². The monoisotopic (exact) mass is 863 g/mol. The van der Waals surface area contributed by atoms with Gasteiger partial charge in [-0.25, -0.2) is 35.2 Å². The van der Waals surface area contributed by atoms with Crippen molar-refractivity contribution in [1.29, 1.82) is 0 Å². The molecule has 0 atom stereocenters. The topological polar surface area (TPSA) is 187 Å². The van der Waals surface area contributed by atoms with Gasteiger partial charge < -0.3 is 24.5 Å². The van der Waals surface area contributed by atoms with Crippen molar-refractivity contribution in [3.8, 4) is 0 Å². The van der Waals surface area contributed by atoms with E-state index >= 15 is 0 Å². The van der Waals surface area contributed by atoms with Crippen LogP contribution in [0, 0.1) is 35.2 Å². The molecule has 0 fully saturated rings. The second kappa shape index (κ2) is 18.1. The predicted octanol–water partition coefficient (Wildman–Crippen LogP) is 5.37. The number of nitrogens with zero attached hydrogens (tertiary/aromatic N) is 5. The molecule has 0 spiro atoms. The molecule has 16 heteroatoms. The number of imide groups is 5. The van der Waals surface area contributed by atoms with Gasteiger partial charge in [0.25, 0.3) is 0 Å². The third-order valence-corrected chi connectivity index (χ3v) is 9.39. The van der Waals surface area contributed by atoms with E-state index in [1.165, 1.54) is 0 Å². The molecule has 5 heterocycles. The molecule has 15 nitrogen and oxygen atoms in total. The van der Waals surface area contributed by atoms with Crippen LogP contribution in [0.5, 0.6) is 0 Å². The van der Waals surface area contributed by atoms with Crippen molar-refractivity contribution < 1.29 is 65.0 Å². The number of hydrogen-bond acceptors (Lipinski definition) is 10. The summed E-state index contributed by atoms with van der Waals surface area (Å²) in [5, 5.41) is 0. The molecule has 0 bridgehead atoms. The SMILES string of the molecule is [CH2-]N1C(=O)c2ccccc2C1=O.[CH2-]N1C(=O)c2ccccc2C1=O.[CH2-]N1C(=O)c2ccccc2C1=O.[CH2-]N1C(=O)c2ccccc2C1=O.[CH2-]N1C(=O)c2ccccc2C1=O.[Cu]. The van der Waals surface area contributed by atoms with Crippen molar-refractivity contribution in [2.75, 3.05) is 0 Å². The number of amides is 10. The van der Waals surface area contributed by atoms with Crippen molar-refractivity contribution in [3.05, 3.63) is 212 Å². The van der Waals surface area contributed by atoms with E-state index in [0.29, 0.717) is 55.6 Å². The van der Waals surface area contributed by atoms with Crippen LogP contribution >= 0.6 is 0 Å². The van der Waals surface area contributed by atoms with Crippen LogP contribution in [0.25, 0.3) is 0 Å². The smallest absolute Gasteiger partial charge is 0.231 e. The van der Waals surface area contributed by atoms with Crippen LogP contribution in [0.15, 0.2) is 121 Å². The molecular formula is C45H30CuN5O10-5. The Morgan fingerprint density at radius 2 is 0.295 bits per heavy atom. The quantitative estimate of drug-likeness (QED) is 0.111. The van der Waals surface area contributed by atoms with E-state index in [2.05, 4.69) is 35.2 Å². The van der Waals surface area contributed by atoms with Crippen molar-refractivity contribution >= 4 is 59.1 Å². The molecule has 1 radical (unpaired) electrons. The Kier molecular flexibility index (Phi) is 13.2. The normalized spacial score (nSPS) is 15.0. The average molecular weight is 864 g/mol. The van der Waals surface area contributed by atoms with Gasteiger partial charge in [-0.3, -0.25) is 47.9 Å². The summed E-state index contributed by atoms with van der Waals surface area (Å²) >= 11 is 0. The molecule has 311 valence electrons. The van der Waals surface area contributed by atoms with Gasteiger partial charge in [0.2, 0.25) is 59.1 Å². The summed E-state index contributed by atoms with van der Waals surface area (Å²) in [7, 11) is 16.7. The van der Waals surface area contributed by atoms with E-state index in [9.17, 15) is 47.9 Å². The third kappa shape index (κ3) is 8.17. The van der Waals surface area contributed by atoms with Crippen molar-refractivity contribution in [1.82, 2.24) is 24.5 Å². The van der Waals surface area contributed by atoms with Gasteiger partial charge in [0.15, 0.2) is 0 Å². The minimum Gasteiger partial charge on any atom is -0.430 e. The fourth-order valence-electron chi connectivity index (χ4n) is 6.20. The first-order valence-electron chi connectivity index (χ1n) is 17.5. The Morgan fingerprint density at radius 3 is 0.377 bits per heavy atom. The molecule has 5 aliphatic rings. The van der Waals surface area contributed by atoms with Crippen LogP contribution in [0.1, 0.15) is 104 Å². The third-order valence-electron chi connectivity index (χ3n) is 9.39. The summed E-state index contributed by atoms with van der Waals surface area (Å²) in [5.41, 5.74) is 4.42. The van der Waals surface area contributed by atoms with E-state index in [4.69, 9.17) is 0 Å². The summed E-state index contributed by atoms with van der Waals surface area (Å²) in [4.78, 5) is 117. The van der Waals surface area contributed by atoms with Crippen molar-refractivity contribution in [2.24, 2.45) is 0 Å². The second-order valence-electron chi connectivity index (χ2n) is 12.9. The zero-order chi connectivity index (χ0) is 43.6. The maximum absolute atomic E-state index is 11.2. The number of benzene rings is 5. The zero-order valence-corrected chi connectivity index (χ0v) is 32.6. The van der Waals surface area contributed by atoms with Crippen LogP contribution in [0.4, 0.5) is 0 Å². The number of hydrogen-bond donors (Lipinski definition) is 0. The van der Waals surface area contributed by atoms with E-state index < -0.39 is 0 Å². The Balaban J connectivity index is 0.000000144. The summed E-state index contributed by atoms with van der Waals surface area (Å²) in [5.74, 6) is -3.24. The Hall–Kier alpha value is -7.68. The van der Waals surface area contributed by atoms with Crippen LogP contribution in [0.2, 0.25) is 0 Å². The molecule has 5 aromatic carbocycles. The molecule has 0 saturated carbocycles. The molecule has 0 aromatic heterocycles. The maximum atomic E-state index is 11.2. The first kappa shape index (κ1) is 44.4. The Labute approximate surface area is 359 Å². The van der Waals surface area contributed by atoms with Gasteiger partial charge in [-0.15, -0.1) is 0 Å². The van der Waals surface area contributed by atoms with E-state index in [1.54, 1.807) is 121 Å². The van der Waals surface area contributed by atoms with Gasteiger partial charge in [-0.1, -0.05) is 60.7 Å². The first-order valence-corrected chi connectivity index (χ1v) is 17.5. The first-order chi connectivity index (χ1) is 28.6. The number of carbonyl (C=O) groups is 10. The fraction of sp³-hybridized carbons (Fsp3) is 0. The van der Waals surface area contributed by atoms with Gasteiger partial charge in [-0.2, -0.15) is 0 Å². The molecule has 0 unspecified atom stereocenters. The van der Waals surface area contributed by atoms with Gasteiger partial charge in [-0.05, 0) is 60.7 Å². The summed E-state index contributed by atoms with van der Waals surface area (Å²) in [6, 6.07) is 33.5. The fourth-order valence-corrected chi connectivity index (χ4v) is 6.20. The zero-order valence-electron chi connectivity index (χ0n) is 31.7. The van der Waals surface area contributed by atoms with Crippen LogP contribution in [-0.4, -0.2) is 83.6 Å². The molecule has 10 amide bonds. The molecule has 0 N–H and O–H groups in total. The van der Waals surface area contributed by atoms with Crippen LogP contribution < -0.4 is 0 Å². The number of carbonyl (C=O) groups excluding carboxylic acids is 10. The Bertz CT molecular complexity index is 2110. The second-order valence-corrected chi connectivity index (χ2v) is 12.9. The molecule has 5 aliphatic heterocycles. The predicted molar refractivity (Wildman–Crippen MR) is 211 cm³/mol. The van der Waals surface area contributed by atoms with E-state index in [1.807, 2.05) is 0 Å². The minimum absolute atomic E-state index is 0. The average Bonchev–Trinajstić information content (AvgIpc) is 3.91. The maximum Gasteiger partial charge on any atom is 0.231 e. The van der Waals surface area contributed by atoms with Gasteiger partial charge in [0.1, 0.15) is 0 Å². The van der Waals surface area contributed by atoms with Gasteiger partial charge in [0.05, 0.1) is 0 Å². The molecule has 5 aromatic rings. The molecular weight excluding hydrogens is 834 g/mol. The summed E-state index contributed by atoms with van der Waals surface area (Å²) in [6.45, 7) is 0. The Morgan fingerprint density at radius 1 is 0.213 bits per heavy atom.